The zero-order valence-corrected chi connectivity index (χ0v) is 22.6. The van der Waals surface area contributed by atoms with Gasteiger partial charge in [-0.2, -0.15) is 0 Å². The zero-order chi connectivity index (χ0) is 27.3. The largest absolute Gasteiger partial charge is 0.386 e. The van der Waals surface area contributed by atoms with E-state index in [1.807, 2.05) is 6.07 Å². The van der Waals surface area contributed by atoms with Crippen molar-refractivity contribution >= 4 is 41.1 Å². The van der Waals surface area contributed by atoms with Gasteiger partial charge in [0.05, 0.1) is 11.1 Å². The first-order valence-electron chi connectivity index (χ1n) is 12.2. The van der Waals surface area contributed by atoms with Crippen LogP contribution in [0.4, 0.5) is 10.1 Å². The van der Waals surface area contributed by atoms with E-state index in [1.54, 1.807) is 18.2 Å². The molecule has 0 saturated carbocycles. The lowest BCUT2D eigenvalue weighted by molar-refractivity contribution is -0.123. The van der Waals surface area contributed by atoms with Gasteiger partial charge >= 0.3 is 0 Å². The monoisotopic (exact) mass is 553 g/mol. The van der Waals surface area contributed by atoms with E-state index in [0.717, 1.165) is 5.56 Å². The molecule has 2 aromatic rings. The molecule has 10 heteroatoms. The number of hydrogen-bond acceptors (Lipinski definition) is 6. The fourth-order valence-corrected chi connectivity index (χ4v) is 5.46. The van der Waals surface area contributed by atoms with Gasteiger partial charge in [-0.05, 0) is 53.6 Å². The number of carbonyl (C=O) groups excluding carboxylic acids is 2. The molecule has 1 heterocycles. The Kier molecular flexibility index (Phi) is 9.94. The van der Waals surface area contributed by atoms with Crippen molar-refractivity contribution in [2.75, 3.05) is 18.6 Å². The zero-order valence-electron chi connectivity index (χ0n) is 21.1. The Morgan fingerprint density at radius 3 is 2.57 bits per heavy atom. The normalized spacial score (nSPS) is 22.5. The molecule has 5 atom stereocenters. The van der Waals surface area contributed by atoms with Gasteiger partial charge in [-0.25, -0.2) is 4.39 Å². The summed E-state index contributed by atoms with van der Waals surface area (Å²) in [5.74, 6) is -1.76. The molecule has 0 bridgehead atoms. The summed E-state index contributed by atoms with van der Waals surface area (Å²) in [6, 6.07) is 9.06. The van der Waals surface area contributed by atoms with Crippen LogP contribution in [0.15, 0.2) is 36.4 Å². The Balaban J connectivity index is 2.13. The standard InChI is InChI=1S/C27H34Cl2FN3O4/c1-27(2,3)12-22-24(18-10-20(30)19(29)11-21(18)32-14-35)23(15-5-4-6-16(28)9-15)25(33-22)26(37)31-8-7-17(36)13-34/h4-6,9-11,13,17,22-25,32-33,35-36H,7-8,12,14H2,1-3H3,(H,31,37). The highest BCUT2D eigenvalue weighted by Gasteiger charge is 2.49. The third kappa shape index (κ3) is 7.42. The maximum absolute atomic E-state index is 14.8. The summed E-state index contributed by atoms with van der Waals surface area (Å²) in [6.45, 7) is 5.99. The highest BCUT2D eigenvalue weighted by Crippen LogP contribution is 2.49. The number of hydrogen-bond donors (Lipinski definition) is 5. The first-order valence-corrected chi connectivity index (χ1v) is 13.0. The van der Waals surface area contributed by atoms with Gasteiger partial charge in [0.2, 0.25) is 5.91 Å². The number of rotatable bonds is 10. The summed E-state index contributed by atoms with van der Waals surface area (Å²) in [5.41, 5.74) is 1.71. The van der Waals surface area contributed by atoms with E-state index >= 15 is 0 Å². The lowest BCUT2D eigenvalue weighted by atomic mass is 9.73. The van der Waals surface area contributed by atoms with E-state index in [9.17, 15) is 24.2 Å². The van der Waals surface area contributed by atoms with Gasteiger partial charge in [-0.1, -0.05) is 56.1 Å². The lowest BCUT2D eigenvalue weighted by Crippen LogP contribution is -2.46. The Morgan fingerprint density at radius 2 is 1.95 bits per heavy atom. The second-order valence-corrected chi connectivity index (χ2v) is 11.4. The maximum Gasteiger partial charge on any atom is 0.237 e. The number of aliphatic hydroxyl groups is 2. The molecule has 3 rings (SSSR count). The van der Waals surface area contributed by atoms with E-state index in [2.05, 4.69) is 36.7 Å². The predicted molar refractivity (Wildman–Crippen MR) is 144 cm³/mol. The van der Waals surface area contributed by atoms with Gasteiger partial charge in [0.15, 0.2) is 0 Å². The highest BCUT2D eigenvalue weighted by molar-refractivity contribution is 6.31. The quantitative estimate of drug-likeness (QED) is 0.223. The van der Waals surface area contributed by atoms with Crippen LogP contribution in [0.5, 0.6) is 0 Å². The van der Waals surface area contributed by atoms with Crippen molar-refractivity contribution < 1.29 is 24.2 Å². The molecule has 1 fully saturated rings. The molecule has 1 amide bonds. The molecular formula is C27H34Cl2FN3O4. The topological polar surface area (TPSA) is 111 Å². The molecule has 1 aliphatic rings. The fourth-order valence-electron chi connectivity index (χ4n) is 5.10. The molecule has 1 aliphatic heterocycles. The van der Waals surface area contributed by atoms with Crippen molar-refractivity contribution in [1.29, 1.82) is 0 Å². The average molecular weight is 554 g/mol. The van der Waals surface area contributed by atoms with Gasteiger partial charge in [0.1, 0.15) is 24.9 Å². The third-order valence-electron chi connectivity index (χ3n) is 6.54. The second kappa shape index (κ2) is 12.5. The summed E-state index contributed by atoms with van der Waals surface area (Å²) in [5, 5.41) is 28.8. The highest BCUT2D eigenvalue weighted by atomic mass is 35.5. The fraction of sp³-hybridized carbons (Fsp3) is 0.481. The number of halogens is 3. The van der Waals surface area contributed by atoms with Crippen molar-refractivity contribution in [1.82, 2.24) is 10.6 Å². The van der Waals surface area contributed by atoms with Gasteiger partial charge in [0, 0.05) is 35.1 Å². The first kappa shape index (κ1) is 29.3. The molecule has 2 aromatic carbocycles. The predicted octanol–water partition coefficient (Wildman–Crippen LogP) is 4.20. The smallest absolute Gasteiger partial charge is 0.237 e. The average Bonchev–Trinajstić information content (AvgIpc) is 3.18. The Hall–Kier alpha value is -2.23. The van der Waals surface area contributed by atoms with Gasteiger partial charge in [0.25, 0.3) is 0 Å². The van der Waals surface area contributed by atoms with Crippen LogP contribution in [0.2, 0.25) is 10.0 Å². The number of carbonyl (C=O) groups is 2. The molecular weight excluding hydrogens is 520 g/mol. The van der Waals surface area contributed by atoms with Gasteiger partial charge in [-0.15, -0.1) is 0 Å². The molecule has 37 heavy (non-hydrogen) atoms. The SMILES string of the molecule is CC(C)(C)CC1NC(C(=O)NCCC(O)C=O)C(c2cccc(Cl)c2)C1c1cc(F)c(Cl)cc1NCO. The van der Waals surface area contributed by atoms with E-state index in [1.165, 1.54) is 12.1 Å². The third-order valence-corrected chi connectivity index (χ3v) is 7.06. The minimum Gasteiger partial charge on any atom is -0.386 e. The van der Waals surface area contributed by atoms with Crippen molar-refractivity contribution in [3.8, 4) is 0 Å². The van der Waals surface area contributed by atoms with E-state index < -0.39 is 29.8 Å². The minimum atomic E-state index is -1.16. The number of anilines is 1. The van der Waals surface area contributed by atoms with Crippen molar-refractivity contribution in [3.05, 3.63) is 63.4 Å². The molecule has 0 radical (unpaired) electrons. The van der Waals surface area contributed by atoms with Crippen molar-refractivity contribution in [2.45, 2.75) is 63.6 Å². The van der Waals surface area contributed by atoms with E-state index in [-0.39, 0.29) is 42.1 Å². The van der Waals surface area contributed by atoms with Crippen LogP contribution in [0.1, 0.15) is 56.6 Å². The molecule has 7 nitrogen and oxygen atoms in total. The van der Waals surface area contributed by atoms with Crippen LogP contribution in [0.25, 0.3) is 0 Å². The van der Waals surface area contributed by atoms with Crippen molar-refractivity contribution in [3.63, 3.8) is 0 Å². The van der Waals surface area contributed by atoms with Crippen LogP contribution in [0, 0.1) is 11.2 Å². The maximum atomic E-state index is 14.8. The van der Waals surface area contributed by atoms with Crippen LogP contribution in [-0.2, 0) is 9.59 Å². The molecule has 5 N–H and O–H groups in total. The lowest BCUT2D eigenvalue weighted by Gasteiger charge is -2.31. The van der Waals surface area contributed by atoms with E-state index in [0.29, 0.717) is 29.0 Å². The molecule has 0 aromatic heterocycles. The van der Waals surface area contributed by atoms with Crippen LogP contribution in [-0.4, -0.2) is 53.9 Å². The van der Waals surface area contributed by atoms with Crippen LogP contribution < -0.4 is 16.0 Å². The number of benzene rings is 2. The number of aldehydes is 1. The minimum absolute atomic E-state index is 0.0830. The van der Waals surface area contributed by atoms with Crippen LogP contribution in [0.3, 0.4) is 0 Å². The Labute approximate surface area is 226 Å². The summed E-state index contributed by atoms with van der Waals surface area (Å²) in [6.07, 6.45) is 0.0113. The second-order valence-electron chi connectivity index (χ2n) is 10.6. The summed E-state index contributed by atoms with van der Waals surface area (Å²) < 4.78 is 14.8. The molecule has 202 valence electrons. The van der Waals surface area contributed by atoms with E-state index in [4.69, 9.17) is 23.2 Å². The molecule has 1 saturated heterocycles. The Bertz CT molecular complexity index is 1110. The van der Waals surface area contributed by atoms with Gasteiger partial charge in [-0.3, -0.25) is 4.79 Å². The first-order chi connectivity index (χ1) is 17.4. The molecule has 0 spiro atoms. The number of aliphatic hydroxyl groups excluding tert-OH is 2. The summed E-state index contributed by atoms with van der Waals surface area (Å²) in [4.78, 5) is 24.2. The summed E-state index contributed by atoms with van der Waals surface area (Å²) in [7, 11) is 0. The van der Waals surface area contributed by atoms with Gasteiger partial charge < -0.3 is 31.0 Å². The molecule has 5 unspecified atom stereocenters. The van der Waals surface area contributed by atoms with Crippen molar-refractivity contribution in [2.24, 2.45) is 5.41 Å². The number of amides is 1. The van der Waals surface area contributed by atoms with Crippen LogP contribution >= 0.6 is 23.2 Å². The molecule has 0 aliphatic carbocycles. The Morgan fingerprint density at radius 1 is 1.22 bits per heavy atom. The number of nitrogens with one attached hydrogen (secondary N) is 3. The summed E-state index contributed by atoms with van der Waals surface area (Å²) >= 11 is 12.4.